The highest BCUT2D eigenvalue weighted by atomic mass is 19.4. The zero-order chi connectivity index (χ0) is 15.5. The second-order valence-corrected chi connectivity index (χ2v) is 5.29. The van der Waals surface area contributed by atoms with Crippen molar-refractivity contribution in [2.75, 3.05) is 6.54 Å². The van der Waals surface area contributed by atoms with Gasteiger partial charge in [0.2, 0.25) is 0 Å². The predicted octanol–water partition coefficient (Wildman–Crippen LogP) is 5.00. The zero-order valence-electron chi connectivity index (χ0n) is 11.9. The molecule has 0 radical (unpaired) electrons. The molecule has 1 aliphatic carbocycles. The SMILES string of the molecule is CCCNC(C1=CCCC1)c1cc(C(F)(F)F)ccc1F. The Labute approximate surface area is 122 Å². The maximum atomic E-state index is 14.1. The lowest BCUT2D eigenvalue weighted by Gasteiger charge is -2.22. The van der Waals surface area contributed by atoms with E-state index in [0.29, 0.717) is 6.54 Å². The maximum absolute atomic E-state index is 14.1. The molecule has 0 fully saturated rings. The Morgan fingerprint density at radius 1 is 1.29 bits per heavy atom. The van der Waals surface area contributed by atoms with Gasteiger partial charge in [0, 0.05) is 5.56 Å². The Kier molecular flexibility index (Phi) is 5.04. The number of hydrogen-bond donors (Lipinski definition) is 1. The van der Waals surface area contributed by atoms with Crippen molar-refractivity contribution >= 4 is 0 Å². The van der Waals surface area contributed by atoms with Gasteiger partial charge < -0.3 is 5.32 Å². The number of halogens is 4. The van der Waals surface area contributed by atoms with Crippen LogP contribution < -0.4 is 5.32 Å². The van der Waals surface area contributed by atoms with Gasteiger partial charge in [-0.1, -0.05) is 18.6 Å². The van der Waals surface area contributed by atoms with Gasteiger partial charge in [0.1, 0.15) is 5.82 Å². The van der Waals surface area contributed by atoms with Crippen molar-refractivity contribution in [1.29, 1.82) is 0 Å². The molecule has 0 saturated carbocycles. The van der Waals surface area contributed by atoms with E-state index in [2.05, 4.69) is 5.32 Å². The summed E-state index contributed by atoms with van der Waals surface area (Å²) in [7, 11) is 0. The molecule has 0 heterocycles. The Morgan fingerprint density at radius 3 is 2.62 bits per heavy atom. The summed E-state index contributed by atoms with van der Waals surface area (Å²) in [6, 6.07) is 2.17. The number of alkyl halides is 3. The van der Waals surface area contributed by atoms with Crippen LogP contribution in [0.5, 0.6) is 0 Å². The molecule has 0 bridgehead atoms. The summed E-state index contributed by atoms with van der Waals surface area (Å²) in [5.74, 6) is -0.593. The molecule has 1 aromatic rings. The lowest BCUT2D eigenvalue weighted by molar-refractivity contribution is -0.137. The summed E-state index contributed by atoms with van der Waals surface area (Å²) in [4.78, 5) is 0. The third kappa shape index (κ3) is 3.84. The van der Waals surface area contributed by atoms with E-state index in [1.807, 2.05) is 13.0 Å². The predicted molar refractivity (Wildman–Crippen MR) is 74.4 cm³/mol. The minimum Gasteiger partial charge on any atom is -0.306 e. The van der Waals surface area contributed by atoms with Crippen LogP contribution in [0.1, 0.15) is 49.8 Å². The van der Waals surface area contributed by atoms with Crippen LogP contribution >= 0.6 is 0 Å². The van der Waals surface area contributed by atoms with Crippen molar-refractivity contribution in [3.63, 3.8) is 0 Å². The fourth-order valence-electron chi connectivity index (χ4n) is 2.63. The van der Waals surface area contributed by atoms with Crippen molar-refractivity contribution in [2.24, 2.45) is 0 Å². The summed E-state index contributed by atoms with van der Waals surface area (Å²) in [5, 5.41) is 3.17. The van der Waals surface area contributed by atoms with E-state index < -0.39 is 23.6 Å². The molecule has 1 atom stereocenters. The second-order valence-electron chi connectivity index (χ2n) is 5.29. The van der Waals surface area contributed by atoms with Gasteiger partial charge in [0.25, 0.3) is 0 Å². The molecule has 116 valence electrons. The van der Waals surface area contributed by atoms with E-state index in [9.17, 15) is 17.6 Å². The molecule has 5 heteroatoms. The van der Waals surface area contributed by atoms with Crippen LogP contribution in [-0.4, -0.2) is 6.54 Å². The Balaban J connectivity index is 2.38. The van der Waals surface area contributed by atoms with E-state index in [1.165, 1.54) is 0 Å². The fourth-order valence-corrected chi connectivity index (χ4v) is 2.63. The first-order chi connectivity index (χ1) is 9.93. The van der Waals surface area contributed by atoms with Gasteiger partial charge in [-0.3, -0.25) is 0 Å². The molecule has 0 amide bonds. The highest BCUT2D eigenvalue weighted by molar-refractivity contribution is 5.35. The molecule has 1 nitrogen and oxygen atoms in total. The first kappa shape index (κ1) is 16.0. The smallest absolute Gasteiger partial charge is 0.306 e. The average Bonchev–Trinajstić information content (AvgIpc) is 2.93. The Bertz CT molecular complexity index is 519. The number of benzene rings is 1. The molecule has 0 aromatic heterocycles. The molecule has 2 rings (SSSR count). The van der Waals surface area contributed by atoms with Crippen LogP contribution in [0.4, 0.5) is 17.6 Å². The molecule has 21 heavy (non-hydrogen) atoms. The van der Waals surface area contributed by atoms with Gasteiger partial charge in [0.15, 0.2) is 0 Å². The topological polar surface area (TPSA) is 12.0 Å². The highest BCUT2D eigenvalue weighted by Crippen LogP contribution is 2.36. The van der Waals surface area contributed by atoms with E-state index >= 15 is 0 Å². The standard InChI is InChI=1S/C16H19F4N/c1-2-9-21-15(11-5-3-4-6-11)13-10-12(16(18,19)20)7-8-14(13)17/h5,7-8,10,15,21H,2-4,6,9H2,1H3. The van der Waals surface area contributed by atoms with Crippen LogP contribution in [0.25, 0.3) is 0 Å². The van der Waals surface area contributed by atoms with Crippen molar-refractivity contribution in [2.45, 2.75) is 44.8 Å². The summed E-state index contributed by atoms with van der Waals surface area (Å²) < 4.78 is 52.6. The summed E-state index contributed by atoms with van der Waals surface area (Å²) >= 11 is 0. The molecular formula is C16H19F4N. The van der Waals surface area contributed by atoms with E-state index in [0.717, 1.165) is 49.5 Å². The third-order valence-corrected chi connectivity index (χ3v) is 3.68. The number of nitrogens with one attached hydrogen (secondary N) is 1. The molecule has 0 aliphatic heterocycles. The lowest BCUT2D eigenvalue weighted by Crippen LogP contribution is -2.25. The van der Waals surface area contributed by atoms with Gasteiger partial charge in [-0.15, -0.1) is 0 Å². The first-order valence-electron chi connectivity index (χ1n) is 7.22. The van der Waals surface area contributed by atoms with E-state index in [4.69, 9.17) is 0 Å². The zero-order valence-corrected chi connectivity index (χ0v) is 11.9. The second kappa shape index (κ2) is 6.60. The number of allylic oxidation sites excluding steroid dienone is 1. The van der Waals surface area contributed by atoms with Crippen molar-refractivity contribution in [1.82, 2.24) is 5.32 Å². The van der Waals surface area contributed by atoms with Crippen LogP contribution in [-0.2, 0) is 6.18 Å². The average molecular weight is 301 g/mol. The Hall–Kier alpha value is -1.36. The number of rotatable bonds is 5. The normalized spacial score (nSPS) is 16.9. The van der Waals surface area contributed by atoms with E-state index in [-0.39, 0.29) is 5.56 Å². The summed E-state index contributed by atoms with van der Waals surface area (Å²) in [6.07, 6.45) is 1.07. The van der Waals surface area contributed by atoms with E-state index in [1.54, 1.807) is 0 Å². The number of hydrogen-bond acceptors (Lipinski definition) is 1. The Morgan fingerprint density at radius 2 is 2.05 bits per heavy atom. The van der Waals surface area contributed by atoms with Gasteiger partial charge in [-0.05, 0) is 50.4 Å². The largest absolute Gasteiger partial charge is 0.416 e. The minimum atomic E-state index is -4.46. The molecule has 1 unspecified atom stereocenters. The molecule has 1 aliphatic rings. The van der Waals surface area contributed by atoms with Gasteiger partial charge >= 0.3 is 6.18 Å². The minimum absolute atomic E-state index is 0.0893. The maximum Gasteiger partial charge on any atom is 0.416 e. The van der Waals surface area contributed by atoms with Crippen LogP contribution in [0.2, 0.25) is 0 Å². The molecule has 0 saturated heterocycles. The molecular weight excluding hydrogens is 282 g/mol. The summed E-state index contributed by atoms with van der Waals surface area (Å²) in [5.41, 5.74) is 0.272. The van der Waals surface area contributed by atoms with Crippen molar-refractivity contribution in [3.05, 3.63) is 46.8 Å². The first-order valence-corrected chi connectivity index (χ1v) is 7.22. The molecule has 0 spiro atoms. The highest BCUT2D eigenvalue weighted by Gasteiger charge is 2.32. The molecule has 1 aromatic carbocycles. The fraction of sp³-hybridized carbons (Fsp3) is 0.500. The van der Waals surface area contributed by atoms with Crippen LogP contribution in [0, 0.1) is 5.82 Å². The van der Waals surface area contributed by atoms with Crippen molar-refractivity contribution < 1.29 is 17.6 Å². The van der Waals surface area contributed by atoms with Crippen molar-refractivity contribution in [3.8, 4) is 0 Å². The third-order valence-electron chi connectivity index (χ3n) is 3.68. The van der Waals surface area contributed by atoms with Crippen LogP contribution in [0.15, 0.2) is 29.8 Å². The quantitative estimate of drug-likeness (QED) is 0.596. The monoisotopic (exact) mass is 301 g/mol. The molecule has 1 N–H and O–H groups in total. The van der Waals surface area contributed by atoms with Gasteiger partial charge in [-0.2, -0.15) is 13.2 Å². The summed E-state index contributed by atoms with van der Waals surface area (Å²) in [6.45, 7) is 2.60. The lowest BCUT2D eigenvalue weighted by atomic mass is 9.95. The van der Waals surface area contributed by atoms with Crippen LogP contribution in [0.3, 0.4) is 0 Å². The van der Waals surface area contributed by atoms with Gasteiger partial charge in [-0.25, -0.2) is 4.39 Å². The van der Waals surface area contributed by atoms with Gasteiger partial charge in [0.05, 0.1) is 11.6 Å².